The van der Waals surface area contributed by atoms with Crippen LogP contribution in [0.4, 0.5) is 0 Å². The molecule has 2 rings (SSSR count). The first-order chi connectivity index (χ1) is 7.77. The van der Waals surface area contributed by atoms with Crippen molar-refractivity contribution in [3.8, 4) is 0 Å². The van der Waals surface area contributed by atoms with Gasteiger partial charge in [-0.05, 0) is 64.5 Å². The number of rotatable bonds is 5. The quantitative estimate of drug-likeness (QED) is 0.778. The molecular formula is C14H28N2. The van der Waals surface area contributed by atoms with E-state index in [1.54, 1.807) is 0 Å². The van der Waals surface area contributed by atoms with E-state index in [0.29, 0.717) is 6.04 Å². The van der Waals surface area contributed by atoms with Crippen LogP contribution in [0.15, 0.2) is 0 Å². The van der Waals surface area contributed by atoms with Gasteiger partial charge in [0.2, 0.25) is 0 Å². The maximum Gasteiger partial charge on any atom is 0.0124 e. The molecule has 1 heterocycles. The lowest BCUT2D eigenvalue weighted by atomic mass is 9.96. The molecule has 16 heavy (non-hydrogen) atoms. The molecule has 94 valence electrons. The smallest absolute Gasteiger partial charge is 0.0124 e. The fraction of sp³-hybridized carbons (Fsp3) is 1.00. The molecule has 0 amide bonds. The lowest BCUT2D eigenvalue weighted by Gasteiger charge is -2.29. The molecule has 2 heteroatoms. The minimum Gasteiger partial charge on any atom is -0.328 e. The van der Waals surface area contributed by atoms with Crippen LogP contribution in [-0.4, -0.2) is 30.1 Å². The third-order valence-electron chi connectivity index (χ3n) is 4.46. The lowest BCUT2D eigenvalue weighted by Crippen LogP contribution is -2.35. The van der Waals surface area contributed by atoms with Crippen molar-refractivity contribution in [1.29, 1.82) is 0 Å². The maximum atomic E-state index is 5.82. The molecule has 2 nitrogen and oxygen atoms in total. The number of likely N-dealkylation sites (tertiary alicyclic amines) is 1. The van der Waals surface area contributed by atoms with E-state index in [-0.39, 0.29) is 0 Å². The monoisotopic (exact) mass is 224 g/mol. The number of nitrogens with two attached hydrogens (primary N) is 1. The summed E-state index contributed by atoms with van der Waals surface area (Å²) in [5, 5.41) is 0. The van der Waals surface area contributed by atoms with Crippen molar-refractivity contribution in [2.45, 2.75) is 70.4 Å². The summed E-state index contributed by atoms with van der Waals surface area (Å²) in [4.78, 5) is 2.76. The van der Waals surface area contributed by atoms with Crippen LogP contribution in [0, 0.1) is 5.92 Å². The fourth-order valence-electron chi connectivity index (χ4n) is 3.62. The minimum absolute atomic E-state index is 0.382. The van der Waals surface area contributed by atoms with Crippen LogP contribution in [0.25, 0.3) is 0 Å². The molecule has 2 fully saturated rings. The average molecular weight is 224 g/mol. The Balaban J connectivity index is 1.74. The molecule has 1 aliphatic heterocycles. The van der Waals surface area contributed by atoms with E-state index < -0.39 is 0 Å². The van der Waals surface area contributed by atoms with Gasteiger partial charge in [0.25, 0.3) is 0 Å². The molecule has 0 aromatic carbocycles. The van der Waals surface area contributed by atoms with Crippen molar-refractivity contribution in [1.82, 2.24) is 4.90 Å². The third kappa shape index (κ3) is 3.21. The first-order valence-electron chi connectivity index (χ1n) is 7.27. The SMILES string of the molecule is CC(N)CCCN1CCCC1C1CCCC1. The van der Waals surface area contributed by atoms with Crippen LogP contribution >= 0.6 is 0 Å². The number of nitrogens with zero attached hydrogens (tertiary/aromatic N) is 1. The first kappa shape index (κ1) is 12.4. The molecule has 0 spiro atoms. The van der Waals surface area contributed by atoms with Crippen LogP contribution in [-0.2, 0) is 0 Å². The Morgan fingerprint density at radius 3 is 2.62 bits per heavy atom. The topological polar surface area (TPSA) is 29.3 Å². The molecule has 0 aromatic rings. The summed E-state index contributed by atoms with van der Waals surface area (Å²) in [5.41, 5.74) is 5.82. The predicted molar refractivity (Wildman–Crippen MR) is 69.4 cm³/mol. The molecule has 2 N–H and O–H groups in total. The van der Waals surface area contributed by atoms with E-state index in [1.807, 2.05) is 0 Å². The van der Waals surface area contributed by atoms with Crippen molar-refractivity contribution in [3.63, 3.8) is 0 Å². The zero-order chi connectivity index (χ0) is 11.4. The number of hydrogen-bond donors (Lipinski definition) is 1. The van der Waals surface area contributed by atoms with Gasteiger partial charge in [-0.1, -0.05) is 12.8 Å². The molecule has 0 radical (unpaired) electrons. The van der Waals surface area contributed by atoms with Gasteiger partial charge in [0.1, 0.15) is 0 Å². The van der Waals surface area contributed by atoms with Gasteiger partial charge in [0.05, 0.1) is 0 Å². The highest BCUT2D eigenvalue weighted by molar-refractivity contribution is 4.87. The van der Waals surface area contributed by atoms with Gasteiger partial charge in [-0.15, -0.1) is 0 Å². The Morgan fingerprint density at radius 1 is 1.19 bits per heavy atom. The van der Waals surface area contributed by atoms with Gasteiger partial charge in [-0.25, -0.2) is 0 Å². The van der Waals surface area contributed by atoms with Gasteiger partial charge in [-0.2, -0.15) is 0 Å². The van der Waals surface area contributed by atoms with Crippen LogP contribution in [0.2, 0.25) is 0 Å². The fourth-order valence-corrected chi connectivity index (χ4v) is 3.62. The molecule has 1 saturated carbocycles. The Kier molecular flexibility index (Phi) is 4.66. The summed E-state index contributed by atoms with van der Waals surface area (Å²) in [7, 11) is 0. The molecule has 2 atom stereocenters. The van der Waals surface area contributed by atoms with E-state index in [4.69, 9.17) is 5.73 Å². The summed E-state index contributed by atoms with van der Waals surface area (Å²) < 4.78 is 0. The summed E-state index contributed by atoms with van der Waals surface area (Å²) in [6, 6.07) is 1.31. The molecular weight excluding hydrogens is 196 g/mol. The Bertz CT molecular complexity index is 197. The van der Waals surface area contributed by atoms with Crippen molar-refractivity contribution in [3.05, 3.63) is 0 Å². The molecule has 1 aliphatic carbocycles. The van der Waals surface area contributed by atoms with Gasteiger partial charge < -0.3 is 10.6 Å². The normalized spacial score (nSPS) is 30.0. The van der Waals surface area contributed by atoms with E-state index in [9.17, 15) is 0 Å². The first-order valence-corrected chi connectivity index (χ1v) is 7.27. The van der Waals surface area contributed by atoms with E-state index in [2.05, 4.69) is 11.8 Å². The van der Waals surface area contributed by atoms with Crippen molar-refractivity contribution < 1.29 is 0 Å². The Morgan fingerprint density at radius 2 is 1.94 bits per heavy atom. The standard InChI is InChI=1S/C14H28N2/c1-12(15)6-4-10-16-11-5-9-14(16)13-7-2-3-8-13/h12-14H,2-11,15H2,1H3. The second-order valence-electron chi connectivity index (χ2n) is 5.91. The second kappa shape index (κ2) is 6.02. The Labute approximate surface area is 101 Å². The summed E-state index contributed by atoms with van der Waals surface area (Å²) >= 11 is 0. The van der Waals surface area contributed by atoms with Crippen molar-refractivity contribution >= 4 is 0 Å². The molecule has 2 aliphatic rings. The van der Waals surface area contributed by atoms with Crippen molar-refractivity contribution in [2.24, 2.45) is 11.7 Å². The summed E-state index contributed by atoms with van der Waals surface area (Å²) in [6.07, 6.45) is 11.3. The lowest BCUT2D eigenvalue weighted by molar-refractivity contribution is 0.187. The predicted octanol–water partition coefficient (Wildman–Crippen LogP) is 2.77. The van der Waals surface area contributed by atoms with Gasteiger partial charge >= 0.3 is 0 Å². The highest BCUT2D eigenvalue weighted by atomic mass is 15.2. The Hall–Kier alpha value is -0.0800. The van der Waals surface area contributed by atoms with E-state index in [1.165, 1.54) is 64.5 Å². The minimum atomic E-state index is 0.382. The summed E-state index contributed by atoms with van der Waals surface area (Å²) in [5.74, 6) is 1.03. The highest BCUT2D eigenvalue weighted by Gasteiger charge is 2.32. The third-order valence-corrected chi connectivity index (χ3v) is 4.46. The zero-order valence-electron chi connectivity index (χ0n) is 10.8. The summed E-state index contributed by atoms with van der Waals surface area (Å²) in [6.45, 7) is 4.77. The maximum absolute atomic E-state index is 5.82. The molecule has 0 bridgehead atoms. The zero-order valence-corrected chi connectivity index (χ0v) is 10.8. The van der Waals surface area contributed by atoms with Gasteiger partial charge in [0, 0.05) is 12.1 Å². The van der Waals surface area contributed by atoms with Crippen LogP contribution < -0.4 is 5.73 Å². The molecule has 1 saturated heterocycles. The van der Waals surface area contributed by atoms with Gasteiger partial charge in [0.15, 0.2) is 0 Å². The number of hydrogen-bond acceptors (Lipinski definition) is 2. The molecule has 2 unspecified atom stereocenters. The van der Waals surface area contributed by atoms with Crippen molar-refractivity contribution in [2.75, 3.05) is 13.1 Å². The highest BCUT2D eigenvalue weighted by Crippen LogP contribution is 2.35. The second-order valence-corrected chi connectivity index (χ2v) is 5.91. The molecule has 0 aromatic heterocycles. The van der Waals surface area contributed by atoms with Crippen LogP contribution in [0.5, 0.6) is 0 Å². The van der Waals surface area contributed by atoms with Crippen LogP contribution in [0.1, 0.15) is 58.3 Å². The van der Waals surface area contributed by atoms with E-state index >= 15 is 0 Å². The van der Waals surface area contributed by atoms with Crippen LogP contribution in [0.3, 0.4) is 0 Å². The average Bonchev–Trinajstić information content (AvgIpc) is 2.84. The largest absolute Gasteiger partial charge is 0.328 e. The van der Waals surface area contributed by atoms with E-state index in [0.717, 1.165) is 12.0 Å². The van der Waals surface area contributed by atoms with Gasteiger partial charge in [-0.3, -0.25) is 0 Å².